The van der Waals surface area contributed by atoms with E-state index in [1.165, 1.54) is 16.2 Å². The Morgan fingerprint density at radius 1 is 1.13 bits per heavy atom. The van der Waals surface area contributed by atoms with Gasteiger partial charge in [0.2, 0.25) is 5.91 Å². The molecule has 30 heavy (non-hydrogen) atoms. The molecule has 0 aliphatic rings. The fourth-order valence-corrected chi connectivity index (χ4v) is 3.37. The van der Waals surface area contributed by atoms with E-state index in [0.29, 0.717) is 27.7 Å². The number of nitrogens with zero attached hydrogens (tertiary/aromatic N) is 3. The summed E-state index contributed by atoms with van der Waals surface area (Å²) < 4.78 is 7.97. The van der Waals surface area contributed by atoms with Gasteiger partial charge in [-0.05, 0) is 31.2 Å². The monoisotopic (exact) mass is 422 g/mol. The number of nitrogens with one attached hydrogen (secondary N) is 1. The molecule has 4 rings (SSSR count). The van der Waals surface area contributed by atoms with Gasteiger partial charge in [0.1, 0.15) is 17.8 Å². The quantitative estimate of drug-likeness (QED) is 0.531. The number of aryl methyl sites for hydroxylation is 1. The van der Waals surface area contributed by atoms with E-state index < -0.39 is 0 Å². The van der Waals surface area contributed by atoms with Crippen molar-refractivity contribution in [3.63, 3.8) is 0 Å². The maximum atomic E-state index is 12.8. The van der Waals surface area contributed by atoms with Gasteiger partial charge in [-0.25, -0.2) is 4.52 Å². The molecule has 0 saturated carbocycles. The number of benzene rings is 2. The van der Waals surface area contributed by atoms with E-state index in [-0.39, 0.29) is 18.0 Å². The highest BCUT2D eigenvalue weighted by Gasteiger charge is 2.12. The third kappa shape index (κ3) is 3.92. The maximum Gasteiger partial charge on any atom is 0.277 e. The van der Waals surface area contributed by atoms with Gasteiger partial charge in [0.15, 0.2) is 0 Å². The zero-order valence-corrected chi connectivity index (χ0v) is 17.2. The number of anilines is 1. The van der Waals surface area contributed by atoms with Crippen LogP contribution in [0.25, 0.3) is 16.8 Å². The minimum Gasteiger partial charge on any atom is -0.495 e. The Morgan fingerprint density at radius 2 is 1.90 bits per heavy atom. The smallest absolute Gasteiger partial charge is 0.277 e. The molecule has 2 heterocycles. The van der Waals surface area contributed by atoms with Gasteiger partial charge in [-0.3, -0.25) is 9.59 Å². The number of halogens is 1. The van der Waals surface area contributed by atoms with Gasteiger partial charge in [0.25, 0.3) is 5.56 Å². The van der Waals surface area contributed by atoms with Crippen LogP contribution in [0.1, 0.15) is 5.56 Å². The molecule has 7 nitrogen and oxygen atoms in total. The second-order valence-electron chi connectivity index (χ2n) is 6.85. The number of ether oxygens (including phenoxy) is 1. The Morgan fingerprint density at radius 3 is 2.60 bits per heavy atom. The van der Waals surface area contributed by atoms with Gasteiger partial charge in [-0.1, -0.05) is 41.4 Å². The largest absolute Gasteiger partial charge is 0.495 e. The molecule has 2 aromatic heterocycles. The number of fused-ring (bicyclic) bond motifs is 1. The van der Waals surface area contributed by atoms with E-state index in [1.807, 2.05) is 31.2 Å². The topological polar surface area (TPSA) is 77.6 Å². The SMILES string of the molecule is COc1ccc(NC(=O)Cn2ccn3nc(-c4ccc(C)cc4)cc3c2=O)cc1Cl. The van der Waals surface area contributed by atoms with Crippen molar-refractivity contribution < 1.29 is 9.53 Å². The molecule has 0 atom stereocenters. The second-order valence-corrected chi connectivity index (χ2v) is 7.26. The van der Waals surface area contributed by atoms with Crippen molar-refractivity contribution in [1.29, 1.82) is 0 Å². The van der Waals surface area contributed by atoms with Gasteiger partial charge in [0, 0.05) is 23.6 Å². The summed E-state index contributed by atoms with van der Waals surface area (Å²) in [5.74, 6) is 0.169. The molecule has 4 aromatic rings. The van der Waals surface area contributed by atoms with E-state index in [0.717, 1.165) is 11.1 Å². The molecule has 1 N–H and O–H groups in total. The van der Waals surface area contributed by atoms with Crippen LogP contribution in [0.2, 0.25) is 5.02 Å². The fraction of sp³-hybridized carbons (Fsp3) is 0.136. The van der Waals surface area contributed by atoms with Crippen LogP contribution in [-0.4, -0.2) is 27.2 Å². The Labute approximate surface area is 177 Å². The van der Waals surface area contributed by atoms with E-state index in [1.54, 1.807) is 36.7 Å². The predicted molar refractivity (Wildman–Crippen MR) is 116 cm³/mol. The van der Waals surface area contributed by atoms with E-state index >= 15 is 0 Å². The van der Waals surface area contributed by atoms with Gasteiger partial charge >= 0.3 is 0 Å². The Kier molecular flexibility index (Phi) is 5.29. The van der Waals surface area contributed by atoms with E-state index in [9.17, 15) is 9.59 Å². The standard InChI is InChI=1S/C22H19ClN4O3/c1-14-3-5-15(6-4-14)18-12-19-22(29)26(9-10-27(19)25-18)13-21(28)24-16-7-8-20(30-2)17(23)11-16/h3-12H,13H2,1-2H3,(H,24,28). The molecular formula is C22H19ClN4O3. The van der Waals surface area contributed by atoms with Crippen LogP contribution in [0.3, 0.4) is 0 Å². The Balaban J connectivity index is 1.56. The van der Waals surface area contributed by atoms with Crippen LogP contribution >= 0.6 is 11.6 Å². The number of carbonyl (C=O) groups excluding carboxylic acids is 1. The summed E-state index contributed by atoms with van der Waals surface area (Å²) in [6, 6.07) is 14.6. The van der Waals surface area contributed by atoms with Crippen molar-refractivity contribution in [3.05, 3.63) is 81.9 Å². The van der Waals surface area contributed by atoms with E-state index in [2.05, 4.69) is 10.4 Å². The van der Waals surface area contributed by atoms with Crippen LogP contribution in [0, 0.1) is 6.92 Å². The van der Waals surface area contributed by atoms with Crippen LogP contribution < -0.4 is 15.6 Å². The number of hydrogen-bond acceptors (Lipinski definition) is 4. The van der Waals surface area contributed by atoms with Crippen molar-refractivity contribution in [2.24, 2.45) is 0 Å². The lowest BCUT2D eigenvalue weighted by Gasteiger charge is -2.09. The second kappa shape index (κ2) is 8.04. The summed E-state index contributed by atoms with van der Waals surface area (Å²) in [4.78, 5) is 25.3. The lowest BCUT2D eigenvalue weighted by molar-refractivity contribution is -0.116. The van der Waals surface area contributed by atoms with E-state index in [4.69, 9.17) is 16.3 Å². The number of rotatable bonds is 5. The van der Waals surface area contributed by atoms with Gasteiger partial charge in [-0.15, -0.1) is 0 Å². The molecule has 152 valence electrons. The molecule has 0 unspecified atom stereocenters. The summed E-state index contributed by atoms with van der Waals surface area (Å²) in [6.45, 7) is 1.88. The summed E-state index contributed by atoms with van der Waals surface area (Å²) in [7, 11) is 1.52. The third-order valence-electron chi connectivity index (χ3n) is 4.70. The lowest BCUT2D eigenvalue weighted by Crippen LogP contribution is -2.28. The molecule has 0 radical (unpaired) electrons. The summed E-state index contributed by atoms with van der Waals surface area (Å²) in [5, 5.41) is 7.58. The fourth-order valence-electron chi connectivity index (χ4n) is 3.12. The average Bonchev–Trinajstić information content (AvgIpc) is 3.16. The first-order valence-electron chi connectivity index (χ1n) is 9.24. The first-order chi connectivity index (χ1) is 14.4. The van der Waals surface area contributed by atoms with Crippen molar-refractivity contribution >= 4 is 28.7 Å². The number of amides is 1. The highest BCUT2D eigenvalue weighted by Crippen LogP contribution is 2.27. The molecule has 0 fully saturated rings. The molecular weight excluding hydrogens is 404 g/mol. The molecule has 0 spiro atoms. The molecule has 0 aliphatic heterocycles. The maximum absolute atomic E-state index is 12.8. The summed E-state index contributed by atoms with van der Waals surface area (Å²) >= 11 is 6.08. The zero-order valence-electron chi connectivity index (χ0n) is 16.4. The zero-order chi connectivity index (χ0) is 21.3. The minimum atomic E-state index is -0.346. The average molecular weight is 423 g/mol. The number of hydrogen-bond donors (Lipinski definition) is 1. The molecule has 1 amide bonds. The highest BCUT2D eigenvalue weighted by atomic mass is 35.5. The number of aromatic nitrogens is 3. The van der Waals surface area contributed by atoms with Crippen LogP contribution in [0.4, 0.5) is 5.69 Å². The molecule has 0 bridgehead atoms. The summed E-state index contributed by atoms with van der Waals surface area (Å²) in [5.41, 5.74) is 3.38. The van der Waals surface area contributed by atoms with Gasteiger partial charge < -0.3 is 14.6 Å². The Hall–Kier alpha value is -3.58. The molecule has 0 aliphatic carbocycles. The first kappa shape index (κ1) is 19.7. The van der Waals surface area contributed by atoms with Crippen LogP contribution in [0.5, 0.6) is 5.75 Å². The Bertz CT molecular complexity index is 1290. The van der Waals surface area contributed by atoms with Crippen LogP contribution in [0.15, 0.2) is 65.7 Å². The molecule has 2 aromatic carbocycles. The highest BCUT2D eigenvalue weighted by molar-refractivity contribution is 6.32. The molecule has 8 heteroatoms. The lowest BCUT2D eigenvalue weighted by atomic mass is 10.1. The first-order valence-corrected chi connectivity index (χ1v) is 9.61. The van der Waals surface area contributed by atoms with Gasteiger partial charge in [-0.2, -0.15) is 5.10 Å². The predicted octanol–water partition coefficient (Wildman–Crippen LogP) is 3.77. The van der Waals surface area contributed by atoms with Crippen molar-refractivity contribution in [2.45, 2.75) is 13.5 Å². The molecule has 0 saturated heterocycles. The third-order valence-corrected chi connectivity index (χ3v) is 5.00. The number of methoxy groups -OCH3 is 1. The van der Waals surface area contributed by atoms with Crippen molar-refractivity contribution in [1.82, 2.24) is 14.2 Å². The minimum absolute atomic E-state index is 0.135. The number of carbonyl (C=O) groups is 1. The van der Waals surface area contributed by atoms with Gasteiger partial charge in [0.05, 0.1) is 17.8 Å². The van der Waals surface area contributed by atoms with Crippen molar-refractivity contribution in [2.75, 3.05) is 12.4 Å². The summed E-state index contributed by atoms with van der Waals surface area (Å²) in [6.07, 6.45) is 3.20. The normalized spacial score (nSPS) is 10.9. The van der Waals surface area contributed by atoms with Crippen LogP contribution in [-0.2, 0) is 11.3 Å². The van der Waals surface area contributed by atoms with Crippen molar-refractivity contribution in [3.8, 4) is 17.0 Å².